The summed E-state index contributed by atoms with van der Waals surface area (Å²) in [5, 5.41) is 16.1. The number of rotatable bonds is 6. The van der Waals surface area contributed by atoms with Crippen molar-refractivity contribution in [2.45, 2.75) is 76.1 Å². The van der Waals surface area contributed by atoms with E-state index in [1.165, 1.54) is 37.8 Å². The van der Waals surface area contributed by atoms with E-state index in [0.29, 0.717) is 17.9 Å². The van der Waals surface area contributed by atoms with Crippen LogP contribution in [0.1, 0.15) is 63.0 Å². The molecule has 196 valence electrons. The molecule has 0 bridgehead atoms. The quantitative estimate of drug-likeness (QED) is 0.499. The zero-order chi connectivity index (χ0) is 24.9. The van der Waals surface area contributed by atoms with Crippen molar-refractivity contribution in [2.75, 3.05) is 38.0 Å². The summed E-state index contributed by atoms with van der Waals surface area (Å²) in [5.74, 6) is 1.32. The lowest BCUT2D eigenvalue weighted by Gasteiger charge is -2.37. The molecule has 2 N–H and O–H groups in total. The minimum atomic E-state index is -0.268. The molecule has 0 amide bonds. The van der Waals surface area contributed by atoms with Crippen molar-refractivity contribution in [3.8, 4) is 0 Å². The average Bonchev–Trinajstić information content (AvgIpc) is 3.63. The summed E-state index contributed by atoms with van der Waals surface area (Å²) in [6.07, 6.45) is 9.81. The smallest absolute Gasteiger partial charge is 0.260 e. The van der Waals surface area contributed by atoms with Crippen LogP contribution in [0, 0.1) is 5.92 Å². The van der Waals surface area contributed by atoms with Gasteiger partial charge in [0.1, 0.15) is 5.65 Å². The lowest BCUT2D eigenvalue weighted by atomic mass is 9.92. The van der Waals surface area contributed by atoms with Gasteiger partial charge in [-0.05, 0) is 80.8 Å². The summed E-state index contributed by atoms with van der Waals surface area (Å²) >= 11 is 0. The Kier molecular flexibility index (Phi) is 6.14. The maximum Gasteiger partial charge on any atom is 0.260 e. The Hall–Kier alpha value is -2.55. The molecule has 4 heterocycles. The van der Waals surface area contributed by atoms with Gasteiger partial charge in [0.25, 0.3) is 5.56 Å². The fraction of sp³-hybridized carbons (Fsp3) is 0.621. The van der Waals surface area contributed by atoms with Crippen LogP contribution in [0.3, 0.4) is 0 Å². The number of piperazine rings is 1. The van der Waals surface area contributed by atoms with Crippen LogP contribution < -0.4 is 10.9 Å². The third kappa shape index (κ3) is 4.64. The van der Waals surface area contributed by atoms with Gasteiger partial charge in [-0.25, -0.2) is 4.98 Å². The molecule has 2 aromatic heterocycles. The number of nitrogens with zero attached hydrogens (tertiary/aromatic N) is 5. The van der Waals surface area contributed by atoms with Crippen molar-refractivity contribution < 1.29 is 5.11 Å². The molecular weight excluding hydrogens is 464 g/mol. The van der Waals surface area contributed by atoms with Crippen LogP contribution in [0.5, 0.6) is 0 Å². The topological polar surface area (TPSA) is 86.5 Å². The molecule has 2 aliphatic heterocycles. The molecule has 37 heavy (non-hydrogen) atoms. The third-order valence-electron chi connectivity index (χ3n) is 9.17. The Morgan fingerprint density at radius 2 is 1.81 bits per heavy atom. The first kappa shape index (κ1) is 23.6. The SMILES string of the molecule is O=c1c2cc(CN3CCN4CCC[C@@H]4C3)ccc2c2cnc(NCC3CC3)nc2n1C1CCC(O)CC1. The molecule has 2 saturated carbocycles. The maximum absolute atomic E-state index is 14.1. The number of pyridine rings is 1. The first-order valence-electron chi connectivity index (χ1n) is 14.3. The van der Waals surface area contributed by atoms with Gasteiger partial charge in [-0.2, -0.15) is 4.98 Å². The van der Waals surface area contributed by atoms with E-state index < -0.39 is 0 Å². The fourth-order valence-corrected chi connectivity index (χ4v) is 6.83. The van der Waals surface area contributed by atoms with Crippen LogP contribution in [0.25, 0.3) is 21.8 Å². The zero-order valence-corrected chi connectivity index (χ0v) is 21.6. The fourth-order valence-electron chi connectivity index (χ4n) is 6.83. The van der Waals surface area contributed by atoms with E-state index in [9.17, 15) is 9.90 Å². The van der Waals surface area contributed by atoms with Crippen molar-refractivity contribution in [2.24, 2.45) is 5.92 Å². The summed E-state index contributed by atoms with van der Waals surface area (Å²) < 4.78 is 1.93. The van der Waals surface area contributed by atoms with Gasteiger partial charge in [-0.3, -0.25) is 19.2 Å². The molecule has 3 aromatic rings. The molecule has 2 saturated heterocycles. The molecule has 8 nitrogen and oxygen atoms in total. The van der Waals surface area contributed by atoms with Gasteiger partial charge in [0.15, 0.2) is 0 Å². The van der Waals surface area contributed by atoms with Gasteiger partial charge < -0.3 is 10.4 Å². The van der Waals surface area contributed by atoms with E-state index in [-0.39, 0.29) is 17.7 Å². The average molecular weight is 503 g/mol. The predicted octanol–water partition coefficient (Wildman–Crippen LogP) is 3.52. The molecule has 4 aliphatic rings. The van der Waals surface area contributed by atoms with Crippen LogP contribution in [0.15, 0.2) is 29.2 Å². The number of benzene rings is 1. The second kappa shape index (κ2) is 9.64. The Labute approximate surface area is 217 Å². The highest BCUT2D eigenvalue weighted by molar-refractivity contribution is 6.04. The number of anilines is 1. The highest BCUT2D eigenvalue weighted by Crippen LogP contribution is 2.33. The van der Waals surface area contributed by atoms with Crippen molar-refractivity contribution >= 4 is 27.8 Å². The van der Waals surface area contributed by atoms with Gasteiger partial charge in [0.2, 0.25) is 5.95 Å². The number of aliphatic hydroxyl groups excluding tert-OH is 1. The molecule has 0 unspecified atom stereocenters. The molecule has 2 aliphatic carbocycles. The Balaban J connectivity index is 1.27. The normalized spacial score (nSPS) is 27.1. The number of hydrogen-bond acceptors (Lipinski definition) is 7. The van der Waals surface area contributed by atoms with Gasteiger partial charge in [-0.1, -0.05) is 12.1 Å². The summed E-state index contributed by atoms with van der Waals surface area (Å²) in [6.45, 7) is 6.38. The monoisotopic (exact) mass is 502 g/mol. The predicted molar refractivity (Wildman–Crippen MR) is 146 cm³/mol. The van der Waals surface area contributed by atoms with E-state index in [0.717, 1.165) is 80.2 Å². The second-order valence-corrected chi connectivity index (χ2v) is 11.8. The Morgan fingerprint density at radius 3 is 2.65 bits per heavy atom. The zero-order valence-electron chi connectivity index (χ0n) is 21.6. The lowest BCUT2D eigenvalue weighted by Crippen LogP contribution is -2.49. The van der Waals surface area contributed by atoms with Gasteiger partial charge in [0.05, 0.1) is 6.10 Å². The summed E-state index contributed by atoms with van der Waals surface area (Å²) in [7, 11) is 0. The molecular formula is C29H38N6O2. The van der Waals surface area contributed by atoms with Gasteiger partial charge in [0, 0.05) is 61.8 Å². The molecule has 8 heteroatoms. The number of fused-ring (bicyclic) bond motifs is 4. The van der Waals surface area contributed by atoms with Crippen molar-refractivity contribution in [3.05, 3.63) is 40.3 Å². The largest absolute Gasteiger partial charge is 0.393 e. The minimum Gasteiger partial charge on any atom is -0.393 e. The number of hydrogen-bond donors (Lipinski definition) is 2. The summed E-state index contributed by atoms with van der Waals surface area (Å²) in [6, 6.07) is 7.15. The number of aliphatic hydroxyl groups is 1. The minimum absolute atomic E-state index is 0.0400. The first-order valence-corrected chi connectivity index (χ1v) is 14.3. The van der Waals surface area contributed by atoms with E-state index in [1.807, 2.05) is 10.8 Å². The standard InChI is InChI=1S/C29H38N6O2/c36-23-8-6-21(7-9-23)35-27-26(16-31-29(32-27)30-15-19-3-4-19)24-10-5-20(14-25(24)28(35)37)17-33-12-13-34-11-1-2-22(34)18-33/h5,10,14,16,19,21-23,36H,1-4,6-9,11-13,15,17-18H2,(H,30,31,32)/t21?,22-,23?/m1/s1. The van der Waals surface area contributed by atoms with E-state index >= 15 is 0 Å². The third-order valence-corrected chi connectivity index (χ3v) is 9.17. The molecule has 4 fully saturated rings. The first-order chi connectivity index (χ1) is 18.1. The number of aromatic nitrogens is 3. The molecule has 0 spiro atoms. The van der Waals surface area contributed by atoms with Gasteiger partial charge in [-0.15, -0.1) is 0 Å². The van der Waals surface area contributed by atoms with E-state index in [4.69, 9.17) is 4.98 Å². The van der Waals surface area contributed by atoms with Crippen molar-refractivity contribution in [1.82, 2.24) is 24.3 Å². The summed E-state index contributed by atoms with van der Waals surface area (Å²) in [5.41, 5.74) is 1.96. The number of nitrogens with one attached hydrogen (secondary N) is 1. The van der Waals surface area contributed by atoms with Crippen LogP contribution in [0.4, 0.5) is 5.95 Å². The lowest BCUT2D eigenvalue weighted by molar-refractivity contribution is 0.0994. The molecule has 1 atom stereocenters. The van der Waals surface area contributed by atoms with Crippen molar-refractivity contribution in [3.63, 3.8) is 0 Å². The highest BCUT2D eigenvalue weighted by atomic mass is 16.3. The van der Waals surface area contributed by atoms with Crippen LogP contribution in [-0.2, 0) is 6.54 Å². The highest BCUT2D eigenvalue weighted by Gasteiger charge is 2.31. The second-order valence-electron chi connectivity index (χ2n) is 11.8. The summed E-state index contributed by atoms with van der Waals surface area (Å²) in [4.78, 5) is 28.8. The van der Waals surface area contributed by atoms with E-state index in [2.05, 4.69) is 38.3 Å². The van der Waals surface area contributed by atoms with Crippen molar-refractivity contribution in [1.29, 1.82) is 0 Å². The van der Waals surface area contributed by atoms with Crippen LogP contribution >= 0.6 is 0 Å². The maximum atomic E-state index is 14.1. The Bertz CT molecular complexity index is 1360. The molecule has 7 rings (SSSR count). The molecule has 0 radical (unpaired) electrons. The van der Waals surface area contributed by atoms with E-state index in [1.54, 1.807) is 0 Å². The van der Waals surface area contributed by atoms with Crippen LogP contribution in [-0.4, -0.2) is 74.3 Å². The molecule has 1 aromatic carbocycles. The van der Waals surface area contributed by atoms with Gasteiger partial charge >= 0.3 is 0 Å². The Morgan fingerprint density at radius 1 is 0.946 bits per heavy atom. The van der Waals surface area contributed by atoms with Crippen LogP contribution in [0.2, 0.25) is 0 Å².